The lowest BCUT2D eigenvalue weighted by Crippen LogP contribution is -2.38. The highest BCUT2D eigenvalue weighted by atomic mass is 32.2. The second-order valence-corrected chi connectivity index (χ2v) is 13.1. The molecule has 1 rings (SSSR count). The van der Waals surface area contributed by atoms with Crippen LogP contribution in [0, 0.1) is 0 Å². The lowest BCUT2D eigenvalue weighted by Gasteiger charge is -2.19. The Kier molecular flexibility index (Phi) is 25.3. The van der Waals surface area contributed by atoms with E-state index in [9.17, 15) is 19.5 Å². The van der Waals surface area contributed by atoms with E-state index < -0.39 is 30.8 Å². The number of aliphatic hydroxyl groups excluding tert-OH is 2. The Morgan fingerprint density at radius 3 is 1.98 bits per heavy atom. The number of nitrogens with two attached hydrogens (primary N) is 1. The van der Waals surface area contributed by atoms with Gasteiger partial charge in [-0.25, -0.2) is 4.68 Å². The van der Waals surface area contributed by atoms with Crippen LogP contribution in [0.3, 0.4) is 0 Å². The van der Waals surface area contributed by atoms with Gasteiger partial charge in [0.15, 0.2) is 5.82 Å². The lowest BCUT2D eigenvalue weighted by atomic mass is 10.1. The number of hydrogen-bond acceptors (Lipinski definition) is 11. The molecule has 13 heteroatoms. The molecule has 0 aliphatic carbocycles. The van der Waals surface area contributed by atoms with Crippen LogP contribution in [0.25, 0.3) is 0 Å². The quantitative estimate of drug-likeness (QED) is 0.0628. The van der Waals surface area contributed by atoms with Crippen molar-refractivity contribution in [2.45, 2.75) is 154 Å². The molecule has 0 radical (unpaired) electrons. The maximum atomic E-state index is 12.6. The molecule has 12 nitrogen and oxygen atoms in total. The van der Waals surface area contributed by atoms with Gasteiger partial charge in [0.1, 0.15) is 12.7 Å². The highest BCUT2D eigenvalue weighted by Gasteiger charge is 2.20. The zero-order valence-electron chi connectivity index (χ0n) is 28.3. The van der Waals surface area contributed by atoms with Crippen molar-refractivity contribution in [1.82, 2.24) is 15.0 Å². The van der Waals surface area contributed by atoms with Gasteiger partial charge in [-0.2, -0.15) is 11.8 Å². The van der Waals surface area contributed by atoms with E-state index in [1.807, 2.05) is 0 Å². The molecule has 0 fully saturated rings. The van der Waals surface area contributed by atoms with Crippen molar-refractivity contribution >= 4 is 35.4 Å². The second-order valence-electron chi connectivity index (χ2n) is 12.0. The summed E-state index contributed by atoms with van der Waals surface area (Å²) in [7, 11) is 0. The number of hydrogen-bond donors (Lipinski definition) is 4. The van der Waals surface area contributed by atoms with Crippen LogP contribution in [0.15, 0.2) is 6.20 Å². The molecule has 0 saturated carbocycles. The number of anilines is 1. The topological polar surface area (TPSA) is 179 Å². The minimum atomic E-state index is -0.990. The third kappa shape index (κ3) is 22.3. The first-order chi connectivity index (χ1) is 22.3. The van der Waals surface area contributed by atoms with E-state index in [-0.39, 0.29) is 36.7 Å². The number of carbonyl (C=O) groups excluding carboxylic acids is 3. The number of esters is 2. The molecule has 266 valence electrons. The smallest absolute Gasteiger partial charge is 0.306 e. The molecule has 3 atom stereocenters. The Hall–Kier alpha value is -2.22. The molecule has 1 aromatic heterocycles. The largest absolute Gasteiger partial charge is 0.462 e. The van der Waals surface area contributed by atoms with E-state index in [1.165, 1.54) is 86.8 Å². The Balaban J connectivity index is 2.48. The number of nitrogens with zero attached hydrogens (tertiary/aromatic N) is 3. The van der Waals surface area contributed by atoms with Crippen molar-refractivity contribution < 1.29 is 34.1 Å². The summed E-state index contributed by atoms with van der Waals surface area (Å²) in [6.45, 7) is 3.99. The molecular weight excluding hydrogens is 610 g/mol. The van der Waals surface area contributed by atoms with Crippen molar-refractivity contribution in [3.05, 3.63) is 6.20 Å². The molecule has 1 heterocycles. The van der Waals surface area contributed by atoms with Crippen LogP contribution in [0.5, 0.6) is 0 Å². The number of nitrogens with one attached hydrogen (secondary N) is 1. The summed E-state index contributed by atoms with van der Waals surface area (Å²) in [6.07, 6.45) is 18.6. The van der Waals surface area contributed by atoms with E-state index in [2.05, 4.69) is 29.5 Å². The monoisotopic (exact) mass is 671 g/mol. The van der Waals surface area contributed by atoms with Crippen molar-refractivity contribution in [2.24, 2.45) is 5.73 Å². The maximum absolute atomic E-state index is 12.6. The molecule has 1 amide bonds. The number of carbonyl (C=O) groups is 3. The van der Waals surface area contributed by atoms with Gasteiger partial charge >= 0.3 is 11.9 Å². The predicted octanol–water partition coefficient (Wildman–Crippen LogP) is 5.15. The fourth-order valence-electron chi connectivity index (χ4n) is 4.77. The van der Waals surface area contributed by atoms with Crippen LogP contribution >= 0.6 is 11.8 Å². The number of ether oxygens (including phenoxy) is 2. The number of aliphatic hydroxyl groups is 2. The lowest BCUT2D eigenvalue weighted by molar-refractivity contribution is -0.157. The zero-order chi connectivity index (χ0) is 33.8. The highest BCUT2D eigenvalue weighted by Crippen LogP contribution is 2.14. The third-order valence-corrected chi connectivity index (χ3v) is 8.74. The molecule has 0 aromatic carbocycles. The van der Waals surface area contributed by atoms with Gasteiger partial charge in [-0.05, 0) is 12.8 Å². The molecular formula is C33H61N5O7S. The number of thioether (sulfide) groups is 1. The minimum absolute atomic E-state index is 0.0315. The third-order valence-electron chi connectivity index (χ3n) is 7.53. The minimum Gasteiger partial charge on any atom is -0.462 e. The van der Waals surface area contributed by atoms with Crippen LogP contribution in [-0.4, -0.2) is 86.0 Å². The molecule has 46 heavy (non-hydrogen) atoms. The van der Waals surface area contributed by atoms with E-state index in [0.29, 0.717) is 18.6 Å². The Morgan fingerprint density at radius 1 is 0.870 bits per heavy atom. The standard InChI is InChI=1S/C33H61N5O7S/c1-3-5-7-9-11-13-15-17-19-31(41)44-24-28(45-32(42)20-18-16-14-12-10-8-6-4-2)25-46-26-29(34)33(43)35-30-22-38(37-36-30)21-27(40)23-39/h22,27-29,39-40H,3-21,23-26,34H2,1-2H3,(H,35,43)/t27-,28-,29-/m1/s1. The van der Waals surface area contributed by atoms with Gasteiger partial charge in [-0.15, -0.1) is 5.10 Å². The number of amides is 1. The molecule has 0 spiro atoms. The molecule has 0 aliphatic rings. The average molecular weight is 672 g/mol. The van der Waals surface area contributed by atoms with Crippen LogP contribution in [0.1, 0.15) is 129 Å². The Labute approximate surface area is 280 Å². The second kappa shape index (κ2) is 27.9. The molecule has 0 bridgehead atoms. The summed E-state index contributed by atoms with van der Waals surface area (Å²) < 4.78 is 12.5. The van der Waals surface area contributed by atoms with E-state index in [1.54, 1.807) is 0 Å². The fraction of sp³-hybridized carbons (Fsp3) is 0.848. The van der Waals surface area contributed by atoms with Gasteiger partial charge in [-0.1, -0.05) is 109 Å². The van der Waals surface area contributed by atoms with Gasteiger partial charge in [0.2, 0.25) is 5.91 Å². The predicted molar refractivity (Wildman–Crippen MR) is 182 cm³/mol. The first-order valence-corrected chi connectivity index (χ1v) is 18.6. The summed E-state index contributed by atoms with van der Waals surface area (Å²) in [5.41, 5.74) is 6.08. The van der Waals surface area contributed by atoms with Crippen LogP contribution in [-0.2, 0) is 30.4 Å². The molecule has 0 unspecified atom stereocenters. The molecule has 0 aliphatic heterocycles. The molecule has 0 saturated heterocycles. The van der Waals surface area contributed by atoms with Gasteiger partial charge in [0.25, 0.3) is 0 Å². The van der Waals surface area contributed by atoms with Crippen molar-refractivity contribution in [3.63, 3.8) is 0 Å². The normalized spacial score (nSPS) is 13.2. The summed E-state index contributed by atoms with van der Waals surface area (Å²) in [5, 5.41) is 28.7. The number of aromatic nitrogens is 3. The van der Waals surface area contributed by atoms with Crippen molar-refractivity contribution in [2.75, 3.05) is 30.0 Å². The Morgan fingerprint density at radius 2 is 1.41 bits per heavy atom. The van der Waals surface area contributed by atoms with E-state index >= 15 is 0 Å². The van der Waals surface area contributed by atoms with Gasteiger partial charge in [0, 0.05) is 24.3 Å². The summed E-state index contributed by atoms with van der Waals surface area (Å²) in [5.74, 6) is -0.344. The van der Waals surface area contributed by atoms with E-state index in [4.69, 9.17) is 20.3 Å². The van der Waals surface area contributed by atoms with Crippen molar-refractivity contribution in [1.29, 1.82) is 0 Å². The summed E-state index contributed by atoms with van der Waals surface area (Å²) >= 11 is 1.34. The highest BCUT2D eigenvalue weighted by molar-refractivity contribution is 7.99. The first-order valence-electron chi connectivity index (χ1n) is 17.5. The van der Waals surface area contributed by atoms with Gasteiger partial charge in [0.05, 0.1) is 31.5 Å². The van der Waals surface area contributed by atoms with Crippen LogP contribution < -0.4 is 11.1 Å². The fourth-order valence-corrected chi connectivity index (χ4v) is 5.73. The van der Waals surface area contributed by atoms with E-state index in [0.717, 1.165) is 38.5 Å². The first kappa shape index (κ1) is 41.8. The average Bonchev–Trinajstić information content (AvgIpc) is 3.48. The SMILES string of the molecule is CCCCCCCCCCC(=O)OC[C@H](CSC[C@@H](N)C(=O)Nc1cn(C[C@@H](O)CO)nn1)OC(=O)CCCCCCCCCC. The van der Waals surface area contributed by atoms with Crippen LogP contribution in [0.2, 0.25) is 0 Å². The summed E-state index contributed by atoms with van der Waals surface area (Å²) in [4.78, 5) is 37.5. The van der Waals surface area contributed by atoms with Crippen molar-refractivity contribution in [3.8, 4) is 0 Å². The number of rotatable bonds is 30. The zero-order valence-corrected chi connectivity index (χ0v) is 29.2. The Bertz CT molecular complexity index is 936. The molecule has 1 aromatic rings. The summed E-state index contributed by atoms with van der Waals surface area (Å²) in [6, 6.07) is -0.878. The van der Waals surface area contributed by atoms with Gasteiger partial charge < -0.3 is 30.7 Å². The number of unbranched alkanes of at least 4 members (excludes halogenated alkanes) is 14. The maximum Gasteiger partial charge on any atom is 0.306 e. The van der Waals surface area contributed by atoms with Crippen LogP contribution in [0.4, 0.5) is 5.82 Å². The molecule has 5 N–H and O–H groups in total. The van der Waals surface area contributed by atoms with Gasteiger partial charge in [-0.3, -0.25) is 14.4 Å².